The van der Waals surface area contributed by atoms with Crippen LogP contribution in [0.25, 0.3) is 11.7 Å². The van der Waals surface area contributed by atoms with Crippen LogP contribution in [-0.2, 0) is 9.53 Å². The Kier molecular flexibility index (Phi) is 6.30. The molecular weight excluding hydrogens is 396 g/mol. The minimum absolute atomic E-state index is 0.0299. The van der Waals surface area contributed by atoms with E-state index in [1.165, 1.54) is 10.5 Å². The molecule has 0 aliphatic carbocycles. The number of nitrogens with zero attached hydrogens (tertiary/aromatic N) is 5. The van der Waals surface area contributed by atoms with Crippen molar-refractivity contribution in [1.29, 1.82) is 5.26 Å². The molecule has 0 spiro atoms. The molecule has 0 aromatic carbocycles. The Bertz CT molecular complexity index is 1090. The van der Waals surface area contributed by atoms with Crippen LogP contribution in [0.2, 0.25) is 0 Å². The highest BCUT2D eigenvalue weighted by atomic mass is 16.5. The summed E-state index contributed by atoms with van der Waals surface area (Å²) >= 11 is 0. The lowest BCUT2D eigenvalue weighted by atomic mass is 10.1. The van der Waals surface area contributed by atoms with E-state index < -0.39 is 5.91 Å². The van der Waals surface area contributed by atoms with Crippen LogP contribution in [0.1, 0.15) is 18.4 Å². The standard InChI is InChI=1S/C22H26N6O3/c1-26-8-10-27(11-9-26)20-18(22(30)28-7-3-2-6-19(28)25-20)13-16(14-23)21(29)24-15-17-5-4-12-31-17/h2-3,6-7,13,17H,4-5,8-12,15H2,1H3,(H,24,29). The summed E-state index contributed by atoms with van der Waals surface area (Å²) < 4.78 is 6.95. The van der Waals surface area contributed by atoms with Gasteiger partial charge in [0, 0.05) is 45.5 Å². The first-order chi connectivity index (χ1) is 15.1. The first kappa shape index (κ1) is 21.0. The number of carbonyl (C=O) groups is 1. The maximum atomic E-state index is 13.3. The van der Waals surface area contributed by atoms with Crippen molar-refractivity contribution in [3.8, 4) is 6.07 Å². The van der Waals surface area contributed by atoms with E-state index in [0.717, 1.165) is 25.9 Å². The summed E-state index contributed by atoms with van der Waals surface area (Å²) in [4.78, 5) is 34.9. The number of likely N-dealkylation sites (N-methyl/N-ethyl adjacent to an activating group) is 1. The van der Waals surface area contributed by atoms with Gasteiger partial charge in [0.25, 0.3) is 11.5 Å². The van der Waals surface area contributed by atoms with Crippen LogP contribution in [0.15, 0.2) is 34.8 Å². The zero-order valence-electron chi connectivity index (χ0n) is 17.6. The molecule has 0 radical (unpaired) electrons. The molecule has 1 N–H and O–H groups in total. The number of piperazine rings is 1. The predicted molar refractivity (Wildman–Crippen MR) is 117 cm³/mol. The Hall–Kier alpha value is -3.22. The Morgan fingerprint density at radius 3 is 2.87 bits per heavy atom. The summed E-state index contributed by atoms with van der Waals surface area (Å²) in [5.74, 6) is -0.0103. The molecule has 2 aromatic heterocycles. The molecule has 1 atom stereocenters. The SMILES string of the molecule is CN1CCN(c2nc3ccccn3c(=O)c2C=C(C#N)C(=O)NCC2CCCO2)CC1. The third-order valence-electron chi connectivity index (χ3n) is 5.72. The molecule has 1 amide bonds. The van der Waals surface area contributed by atoms with Gasteiger partial charge in [0.2, 0.25) is 0 Å². The van der Waals surface area contributed by atoms with Gasteiger partial charge in [-0.15, -0.1) is 0 Å². The normalized spacial score (nSPS) is 20.1. The van der Waals surface area contributed by atoms with E-state index in [0.29, 0.717) is 37.7 Å². The first-order valence-corrected chi connectivity index (χ1v) is 10.5. The highest BCUT2D eigenvalue weighted by Crippen LogP contribution is 2.20. The molecule has 0 bridgehead atoms. The van der Waals surface area contributed by atoms with Crippen molar-refractivity contribution in [2.45, 2.75) is 18.9 Å². The molecule has 2 fully saturated rings. The molecule has 2 aromatic rings. The number of aromatic nitrogens is 2. The summed E-state index contributed by atoms with van der Waals surface area (Å²) in [7, 11) is 2.05. The van der Waals surface area contributed by atoms with E-state index >= 15 is 0 Å². The van der Waals surface area contributed by atoms with E-state index in [1.807, 2.05) is 24.1 Å². The number of anilines is 1. The largest absolute Gasteiger partial charge is 0.376 e. The molecule has 31 heavy (non-hydrogen) atoms. The molecule has 2 saturated heterocycles. The lowest BCUT2D eigenvalue weighted by Gasteiger charge is -2.34. The topological polar surface area (TPSA) is 103 Å². The second-order valence-electron chi connectivity index (χ2n) is 7.89. The van der Waals surface area contributed by atoms with Crippen LogP contribution < -0.4 is 15.8 Å². The first-order valence-electron chi connectivity index (χ1n) is 10.5. The summed E-state index contributed by atoms with van der Waals surface area (Å²) in [5.41, 5.74) is 0.347. The van der Waals surface area contributed by atoms with Gasteiger partial charge < -0.3 is 19.9 Å². The van der Waals surface area contributed by atoms with Crippen LogP contribution in [-0.4, -0.2) is 72.7 Å². The second kappa shape index (κ2) is 9.29. The maximum Gasteiger partial charge on any atom is 0.267 e. The molecule has 4 heterocycles. The van der Waals surface area contributed by atoms with Crippen LogP contribution in [0, 0.1) is 11.3 Å². The smallest absolute Gasteiger partial charge is 0.267 e. The Morgan fingerprint density at radius 1 is 1.35 bits per heavy atom. The van der Waals surface area contributed by atoms with Gasteiger partial charge in [-0.25, -0.2) is 4.98 Å². The second-order valence-corrected chi connectivity index (χ2v) is 7.89. The fourth-order valence-corrected chi connectivity index (χ4v) is 3.88. The van der Waals surface area contributed by atoms with Crippen molar-refractivity contribution in [1.82, 2.24) is 19.6 Å². The van der Waals surface area contributed by atoms with Crippen molar-refractivity contribution in [3.63, 3.8) is 0 Å². The van der Waals surface area contributed by atoms with Gasteiger partial charge in [-0.2, -0.15) is 5.26 Å². The zero-order chi connectivity index (χ0) is 21.8. The lowest BCUT2D eigenvalue weighted by molar-refractivity contribution is -0.117. The summed E-state index contributed by atoms with van der Waals surface area (Å²) in [6, 6.07) is 7.29. The number of hydrogen-bond donors (Lipinski definition) is 1. The predicted octanol–water partition coefficient (Wildman–Crippen LogP) is 0.648. The van der Waals surface area contributed by atoms with Gasteiger partial charge in [0.15, 0.2) is 0 Å². The van der Waals surface area contributed by atoms with E-state index in [4.69, 9.17) is 9.72 Å². The van der Waals surface area contributed by atoms with Crippen LogP contribution >= 0.6 is 0 Å². The molecule has 2 aliphatic rings. The number of ether oxygens (including phenoxy) is 1. The number of rotatable bonds is 5. The minimum Gasteiger partial charge on any atom is -0.376 e. The van der Waals surface area contributed by atoms with E-state index in [9.17, 15) is 14.9 Å². The van der Waals surface area contributed by atoms with Gasteiger partial charge in [-0.3, -0.25) is 14.0 Å². The summed E-state index contributed by atoms with van der Waals surface area (Å²) in [5, 5.41) is 12.4. The van der Waals surface area contributed by atoms with Crippen molar-refractivity contribution >= 4 is 23.4 Å². The lowest BCUT2D eigenvalue weighted by Crippen LogP contribution is -2.45. The van der Waals surface area contributed by atoms with Gasteiger partial charge >= 0.3 is 0 Å². The summed E-state index contributed by atoms with van der Waals surface area (Å²) in [6.45, 7) is 4.13. The molecular formula is C22H26N6O3. The van der Waals surface area contributed by atoms with Crippen molar-refractivity contribution in [2.75, 3.05) is 51.3 Å². The van der Waals surface area contributed by atoms with Crippen LogP contribution in [0.5, 0.6) is 0 Å². The number of pyridine rings is 1. The summed E-state index contributed by atoms with van der Waals surface area (Å²) in [6.07, 6.45) is 4.83. The molecule has 9 heteroatoms. The van der Waals surface area contributed by atoms with Crippen molar-refractivity contribution in [3.05, 3.63) is 45.9 Å². The van der Waals surface area contributed by atoms with Gasteiger partial charge in [0.05, 0.1) is 11.7 Å². The zero-order valence-corrected chi connectivity index (χ0v) is 17.6. The number of carbonyl (C=O) groups excluding carboxylic acids is 1. The van der Waals surface area contributed by atoms with Gasteiger partial charge in [0.1, 0.15) is 23.1 Å². The van der Waals surface area contributed by atoms with Crippen LogP contribution in [0.3, 0.4) is 0 Å². The molecule has 0 saturated carbocycles. The third-order valence-corrected chi connectivity index (χ3v) is 5.72. The Labute approximate surface area is 180 Å². The molecule has 9 nitrogen and oxygen atoms in total. The molecule has 162 valence electrons. The minimum atomic E-state index is -0.514. The quantitative estimate of drug-likeness (QED) is 0.557. The number of hydrogen-bond acceptors (Lipinski definition) is 7. The van der Waals surface area contributed by atoms with Gasteiger partial charge in [-0.05, 0) is 38.1 Å². The average molecular weight is 422 g/mol. The average Bonchev–Trinajstić information content (AvgIpc) is 3.31. The number of fused-ring (bicyclic) bond motifs is 1. The molecule has 2 aliphatic heterocycles. The van der Waals surface area contributed by atoms with Crippen molar-refractivity contribution < 1.29 is 9.53 Å². The fourth-order valence-electron chi connectivity index (χ4n) is 3.88. The maximum absolute atomic E-state index is 13.3. The number of nitrogens with one attached hydrogen (secondary N) is 1. The Balaban J connectivity index is 1.70. The van der Waals surface area contributed by atoms with Gasteiger partial charge in [-0.1, -0.05) is 6.07 Å². The number of amides is 1. The van der Waals surface area contributed by atoms with E-state index in [2.05, 4.69) is 10.2 Å². The third kappa shape index (κ3) is 4.60. The monoisotopic (exact) mass is 422 g/mol. The molecule has 1 unspecified atom stereocenters. The van der Waals surface area contributed by atoms with Crippen molar-refractivity contribution in [2.24, 2.45) is 0 Å². The highest BCUT2D eigenvalue weighted by molar-refractivity contribution is 6.02. The van der Waals surface area contributed by atoms with E-state index in [1.54, 1.807) is 18.3 Å². The highest BCUT2D eigenvalue weighted by Gasteiger charge is 2.23. The fraction of sp³-hybridized carbons (Fsp3) is 0.455. The number of nitriles is 1. The Morgan fingerprint density at radius 2 is 2.16 bits per heavy atom. The molecule has 4 rings (SSSR count). The van der Waals surface area contributed by atoms with Crippen LogP contribution in [0.4, 0.5) is 5.82 Å². The van der Waals surface area contributed by atoms with E-state index in [-0.39, 0.29) is 22.8 Å².